The summed E-state index contributed by atoms with van der Waals surface area (Å²) in [7, 11) is 0. The van der Waals surface area contributed by atoms with E-state index in [2.05, 4.69) is 22.2 Å². The summed E-state index contributed by atoms with van der Waals surface area (Å²) >= 11 is 5.80. The Morgan fingerprint density at radius 1 is 1.17 bits per heavy atom. The predicted octanol–water partition coefficient (Wildman–Crippen LogP) is 4.95. The molecule has 0 saturated heterocycles. The van der Waals surface area contributed by atoms with Gasteiger partial charge in [-0.3, -0.25) is 0 Å². The molecule has 6 heteroatoms. The monoisotopic (exact) mass is 331 g/mol. The molecule has 0 atom stereocenters. The Bertz CT molecular complexity index is 841. The number of rotatable bonds is 5. The van der Waals surface area contributed by atoms with Crippen LogP contribution in [0.1, 0.15) is 13.3 Å². The van der Waals surface area contributed by atoms with Crippen molar-refractivity contribution in [2.75, 3.05) is 11.9 Å². The zero-order valence-electron chi connectivity index (χ0n) is 12.5. The molecule has 0 bridgehead atoms. The van der Waals surface area contributed by atoms with Gasteiger partial charge in [-0.25, -0.2) is 14.4 Å². The van der Waals surface area contributed by atoms with Crippen molar-refractivity contribution in [3.63, 3.8) is 0 Å². The Kier molecular flexibility index (Phi) is 4.57. The summed E-state index contributed by atoms with van der Waals surface area (Å²) in [6, 6.07) is 10.1. The van der Waals surface area contributed by atoms with Crippen LogP contribution in [0.25, 0.3) is 10.9 Å². The van der Waals surface area contributed by atoms with E-state index in [1.54, 1.807) is 6.07 Å². The van der Waals surface area contributed by atoms with Crippen molar-refractivity contribution in [1.29, 1.82) is 0 Å². The average Bonchev–Trinajstić information content (AvgIpc) is 2.56. The third-order valence-corrected chi connectivity index (χ3v) is 3.55. The van der Waals surface area contributed by atoms with Crippen molar-refractivity contribution in [3.05, 3.63) is 53.6 Å². The molecule has 0 radical (unpaired) electrons. The van der Waals surface area contributed by atoms with Crippen LogP contribution in [0.2, 0.25) is 5.02 Å². The molecule has 0 fully saturated rings. The zero-order valence-corrected chi connectivity index (χ0v) is 13.3. The highest BCUT2D eigenvalue weighted by Gasteiger charge is 2.07. The van der Waals surface area contributed by atoms with Gasteiger partial charge in [0.25, 0.3) is 0 Å². The van der Waals surface area contributed by atoms with Crippen LogP contribution < -0.4 is 10.1 Å². The van der Waals surface area contributed by atoms with Gasteiger partial charge in [-0.15, -0.1) is 0 Å². The SMILES string of the molecule is CCCOc1ccc2c(Nc3ccc(F)c(Cl)c3)ncnc2c1. The molecule has 0 aliphatic rings. The first kappa shape index (κ1) is 15.5. The Hall–Kier alpha value is -2.40. The largest absolute Gasteiger partial charge is 0.494 e. The standard InChI is InChI=1S/C17H15ClFN3O/c1-2-7-23-12-4-5-13-16(9-12)20-10-21-17(13)22-11-3-6-15(19)14(18)8-11/h3-6,8-10H,2,7H2,1H3,(H,20,21,22). The molecule has 4 nitrogen and oxygen atoms in total. The Labute approximate surface area is 138 Å². The summed E-state index contributed by atoms with van der Waals surface area (Å²) in [5.41, 5.74) is 1.42. The van der Waals surface area contributed by atoms with E-state index < -0.39 is 5.82 Å². The number of nitrogens with one attached hydrogen (secondary N) is 1. The van der Waals surface area contributed by atoms with Crippen LogP contribution in [-0.4, -0.2) is 16.6 Å². The molecule has 0 amide bonds. The molecular weight excluding hydrogens is 317 g/mol. The lowest BCUT2D eigenvalue weighted by Gasteiger charge is -2.10. The van der Waals surface area contributed by atoms with Crippen LogP contribution in [0.3, 0.4) is 0 Å². The number of aromatic nitrogens is 2. The van der Waals surface area contributed by atoms with Crippen molar-refractivity contribution in [2.24, 2.45) is 0 Å². The number of benzene rings is 2. The number of anilines is 2. The third kappa shape index (κ3) is 3.51. The van der Waals surface area contributed by atoms with Crippen LogP contribution in [0, 0.1) is 5.82 Å². The summed E-state index contributed by atoms with van der Waals surface area (Å²) < 4.78 is 18.8. The van der Waals surface area contributed by atoms with E-state index in [9.17, 15) is 4.39 Å². The van der Waals surface area contributed by atoms with Gasteiger partial charge in [-0.1, -0.05) is 18.5 Å². The second-order valence-electron chi connectivity index (χ2n) is 5.00. The number of fused-ring (bicyclic) bond motifs is 1. The van der Waals surface area contributed by atoms with Gasteiger partial charge in [0.05, 0.1) is 17.1 Å². The number of nitrogens with zero attached hydrogens (tertiary/aromatic N) is 2. The summed E-state index contributed by atoms with van der Waals surface area (Å²) in [6.07, 6.45) is 2.42. The molecule has 0 unspecified atom stereocenters. The molecule has 0 spiro atoms. The van der Waals surface area contributed by atoms with Crippen molar-refractivity contribution in [3.8, 4) is 5.75 Å². The van der Waals surface area contributed by atoms with E-state index in [1.165, 1.54) is 18.5 Å². The smallest absolute Gasteiger partial charge is 0.141 e. The molecule has 0 aliphatic heterocycles. The van der Waals surface area contributed by atoms with Crippen LogP contribution in [0.5, 0.6) is 5.75 Å². The minimum atomic E-state index is -0.456. The van der Waals surface area contributed by atoms with E-state index in [4.69, 9.17) is 16.3 Å². The summed E-state index contributed by atoms with van der Waals surface area (Å²) in [4.78, 5) is 8.51. The second kappa shape index (κ2) is 6.79. The lowest BCUT2D eigenvalue weighted by Crippen LogP contribution is -1.98. The van der Waals surface area contributed by atoms with E-state index in [0.717, 1.165) is 23.1 Å². The molecule has 0 aliphatic carbocycles. The van der Waals surface area contributed by atoms with Gasteiger partial charge >= 0.3 is 0 Å². The lowest BCUT2D eigenvalue weighted by molar-refractivity contribution is 0.318. The van der Waals surface area contributed by atoms with Crippen LogP contribution in [0.15, 0.2) is 42.7 Å². The van der Waals surface area contributed by atoms with Crippen LogP contribution in [-0.2, 0) is 0 Å². The molecule has 118 valence electrons. The van der Waals surface area contributed by atoms with Gasteiger partial charge in [0, 0.05) is 17.1 Å². The highest BCUT2D eigenvalue weighted by atomic mass is 35.5. The first-order valence-corrected chi connectivity index (χ1v) is 7.65. The van der Waals surface area contributed by atoms with Gasteiger partial charge in [0.2, 0.25) is 0 Å². The second-order valence-corrected chi connectivity index (χ2v) is 5.41. The molecule has 1 N–H and O–H groups in total. The molecule has 0 saturated carbocycles. The van der Waals surface area contributed by atoms with Crippen molar-refractivity contribution >= 4 is 34.0 Å². The van der Waals surface area contributed by atoms with Crippen molar-refractivity contribution < 1.29 is 9.13 Å². The Balaban J connectivity index is 1.92. The third-order valence-electron chi connectivity index (χ3n) is 3.26. The maximum atomic E-state index is 13.2. The maximum absolute atomic E-state index is 13.2. The normalized spacial score (nSPS) is 10.7. The van der Waals surface area contributed by atoms with Gasteiger partial charge in [-0.05, 0) is 36.8 Å². The first-order chi connectivity index (χ1) is 11.2. The minimum absolute atomic E-state index is 0.0589. The maximum Gasteiger partial charge on any atom is 0.141 e. The van der Waals surface area contributed by atoms with E-state index in [-0.39, 0.29) is 5.02 Å². The minimum Gasteiger partial charge on any atom is -0.494 e. The zero-order chi connectivity index (χ0) is 16.2. The lowest BCUT2D eigenvalue weighted by atomic mass is 10.2. The summed E-state index contributed by atoms with van der Waals surface area (Å²) in [5.74, 6) is 0.941. The molecule has 23 heavy (non-hydrogen) atoms. The van der Waals surface area contributed by atoms with E-state index in [1.807, 2.05) is 18.2 Å². The van der Waals surface area contributed by atoms with Crippen molar-refractivity contribution in [1.82, 2.24) is 9.97 Å². The Morgan fingerprint density at radius 2 is 2.04 bits per heavy atom. The van der Waals surface area contributed by atoms with Crippen LogP contribution >= 0.6 is 11.6 Å². The fraction of sp³-hybridized carbons (Fsp3) is 0.176. The Morgan fingerprint density at radius 3 is 2.83 bits per heavy atom. The van der Waals surface area contributed by atoms with Gasteiger partial charge in [-0.2, -0.15) is 0 Å². The van der Waals surface area contributed by atoms with E-state index in [0.29, 0.717) is 18.1 Å². The summed E-state index contributed by atoms with van der Waals surface area (Å²) in [6.45, 7) is 2.72. The molecule has 1 heterocycles. The predicted molar refractivity (Wildman–Crippen MR) is 90.0 cm³/mol. The fourth-order valence-corrected chi connectivity index (χ4v) is 2.34. The van der Waals surface area contributed by atoms with E-state index >= 15 is 0 Å². The quantitative estimate of drug-likeness (QED) is 0.718. The number of hydrogen-bond acceptors (Lipinski definition) is 4. The topological polar surface area (TPSA) is 47.0 Å². The highest BCUT2D eigenvalue weighted by Crippen LogP contribution is 2.27. The van der Waals surface area contributed by atoms with Gasteiger partial charge < -0.3 is 10.1 Å². The highest BCUT2D eigenvalue weighted by molar-refractivity contribution is 6.31. The average molecular weight is 332 g/mol. The molecule has 3 aromatic rings. The van der Waals surface area contributed by atoms with Crippen molar-refractivity contribution in [2.45, 2.75) is 13.3 Å². The number of hydrogen-bond donors (Lipinski definition) is 1. The van der Waals surface area contributed by atoms with Gasteiger partial charge in [0.15, 0.2) is 0 Å². The molecule has 1 aromatic heterocycles. The first-order valence-electron chi connectivity index (χ1n) is 7.27. The number of ether oxygens (including phenoxy) is 1. The summed E-state index contributed by atoms with van der Waals surface area (Å²) in [5, 5.41) is 4.04. The molecular formula is C17H15ClFN3O. The van der Waals surface area contributed by atoms with Gasteiger partial charge in [0.1, 0.15) is 23.7 Å². The molecule has 3 rings (SSSR count). The molecule has 2 aromatic carbocycles. The van der Waals surface area contributed by atoms with Crippen LogP contribution in [0.4, 0.5) is 15.9 Å². The number of halogens is 2. The fourth-order valence-electron chi connectivity index (χ4n) is 2.16.